The van der Waals surface area contributed by atoms with E-state index in [4.69, 9.17) is 21.7 Å². The van der Waals surface area contributed by atoms with Crippen LogP contribution in [0.5, 0.6) is 0 Å². The maximum absolute atomic E-state index is 10.8. The average molecular weight is 462 g/mol. The molecule has 0 spiro atoms. The molecule has 3 heterocycles. The van der Waals surface area contributed by atoms with Gasteiger partial charge in [0, 0.05) is 44.0 Å². The van der Waals surface area contributed by atoms with Crippen LogP contribution in [0.1, 0.15) is 0 Å². The molecule has 14 heteroatoms. The van der Waals surface area contributed by atoms with E-state index in [9.17, 15) is 10.1 Å². The van der Waals surface area contributed by atoms with Crippen molar-refractivity contribution in [3.63, 3.8) is 0 Å². The molecule has 0 amide bonds. The summed E-state index contributed by atoms with van der Waals surface area (Å²) >= 11 is 5.29. The molecule has 32 heavy (non-hydrogen) atoms. The third-order valence-electron chi connectivity index (χ3n) is 4.82. The lowest BCUT2D eigenvalue weighted by Gasteiger charge is -2.30. The molecule has 170 valence electrons. The third kappa shape index (κ3) is 5.66. The van der Waals surface area contributed by atoms with Gasteiger partial charge in [-0.25, -0.2) is 0 Å². The molecule has 2 fully saturated rings. The van der Waals surface area contributed by atoms with Gasteiger partial charge in [0.25, 0.3) is 5.69 Å². The molecule has 2 aliphatic rings. The van der Waals surface area contributed by atoms with Crippen LogP contribution in [0.25, 0.3) is 0 Å². The van der Waals surface area contributed by atoms with Crippen LogP contribution >= 0.6 is 12.2 Å². The van der Waals surface area contributed by atoms with E-state index in [0.717, 1.165) is 0 Å². The van der Waals surface area contributed by atoms with Crippen LogP contribution in [0.15, 0.2) is 24.3 Å². The Balaban J connectivity index is 1.43. The van der Waals surface area contributed by atoms with Gasteiger partial charge in [-0.2, -0.15) is 15.0 Å². The van der Waals surface area contributed by atoms with Gasteiger partial charge in [-0.05, 0) is 24.4 Å². The molecule has 2 aliphatic heterocycles. The number of morpholine rings is 2. The molecular weight excluding hydrogens is 438 g/mol. The monoisotopic (exact) mass is 461 g/mol. The Kier molecular flexibility index (Phi) is 7.03. The fourth-order valence-electron chi connectivity index (χ4n) is 3.16. The number of nitro benzene ring substituents is 1. The fourth-order valence-corrected chi connectivity index (χ4v) is 3.33. The van der Waals surface area contributed by atoms with Gasteiger partial charge < -0.3 is 24.6 Å². The van der Waals surface area contributed by atoms with E-state index in [2.05, 4.69) is 31.1 Å². The molecule has 3 N–H and O–H groups in total. The minimum atomic E-state index is -0.458. The molecule has 0 radical (unpaired) electrons. The second-order valence-electron chi connectivity index (χ2n) is 6.97. The topological polar surface area (TPSA) is 143 Å². The number of hydrogen-bond acceptors (Lipinski definition) is 11. The van der Waals surface area contributed by atoms with Gasteiger partial charge in [-0.3, -0.25) is 21.0 Å². The van der Waals surface area contributed by atoms with E-state index >= 15 is 0 Å². The molecule has 2 saturated heterocycles. The number of hydrogen-bond donors (Lipinski definition) is 3. The molecule has 1 aromatic heterocycles. The minimum absolute atomic E-state index is 0.00372. The van der Waals surface area contributed by atoms with Crippen molar-refractivity contribution in [2.75, 3.05) is 73.1 Å². The van der Waals surface area contributed by atoms with E-state index in [1.165, 1.54) is 12.1 Å². The summed E-state index contributed by atoms with van der Waals surface area (Å²) in [6, 6.07) is 5.94. The van der Waals surface area contributed by atoms with Crippen LogP contribution in [0.4, 0.5) is 29.2 Å². The quantitative estimate of drug-likeness (QED) is 0.317. The number of anilines is 4. The minimum Gasteiger partial charge on any atom is -0.378 e. The van der Waals surface area contributed by atoms with Crippen molar-refractivity contribution in [3.8, 4) is 0 Å². The molecule has 0 saturated carbocycles. The van der Waals surface area contributed by atoms with Crippen molar-refractivity contribution in [1.82, 2.24) is 20.4 Å². The van der Waals surface area contributed by atoms with Gasteiger partial charge >= 0.3 is 0 Å². The average Bonchev–Trinajstić information content (AvgIpc) is 2.84. The number of rotatable bonds is 6. The molecular formula is C18H23N9O4S. The van der Waals surface area contributed by atoms with Crippen molar-refractivity contribution in [1.29, 1.82) is 0 Å². The summed E-state index contributed by atoms with van der Waals surface area (Å²) in [5, 5.41) is 14.0. The zero-order valence-electron chi connectivity index (χ0n) is 17.2. The molecule has 2 aromatic rings. The molecule has 0 unspecified atom stereocenters. The normalized spacial score (nSPS) is 16.4. The number of nitrogens with zero attached hydrogens (tertiary/aromatic N) is 6. The van der Waals surface area contributed by atoms with Gasteiger partial charge in [0.05, 0.1) is 31.4 Å². The zero-order valence-corrected chi connectivity index (χ0v) is 18.0. The predicted octanol–water partition coefficient (Wildman–Crippen LogP) is 0.767. The lowest BCUT2D eigenvalue weighted by atomic mass is 10.3. The molecule has 4 rings (SSSR count). The number of nitrogens with one attached hydrogen (secondary N) is 3. The largest absolute Gasteiger partial charge is 0.378 e. The lowest BCUT2D eigenvalue weighted by molar-refractivity contribution is -0.384. The highest BCUT2D eigenvalue weighted by molar-refractivity contribution is 7.80. The van der Waals surface area contributed by atoms with E-state index in [0.29, 0.717) is 76.1 Å². The van der Waals surface area contributed by atoms with Crippen LogP contribution in [-0.4, -0.2) is 77.6 Å². The SMILES string of the molecule is O=[N+]([O-])c1ccc(NC(=S)NNc2nc(N3CCOCC3)nc(N3CCOCC3)n2)cc1. The molecule has 1 aromatic carbocycles. The summed E-state index contributed by atoms with van der Waals surface area (Å²) < 4.78 is 10.8. The van der Waals surface area contributed by atoms with Crippen LogP contribution in [-0.2, 0) is 9.47 Å². The maximum Gasteiger partial charge on any atom is 0.269 e. The van der Waals surface area contributed by atoms with Gasteiger partial charge in [-0.15, -0.1) is 0 Å². The van der Waals surface area contributed by atoms with Crippen LogP contribution in [0, 0.1) is 10.1 Å². The van der Waals surface area contributed by atoms with Crippen LogP contribution in [0.3, 0.4) is 0 Å². The van der Waals surface area contributed by atoms with Crippen LogP contribution in [0.2, 0.25) is 0 Å². The third-order valence-corrected chi connectivity index (χ3v) is 5.03. The first-order valence-corrected chi connectivity index (χ1v) is 10.5. The number of aromatic nitrogens is 3. The number of non-ortho nitro benzene ring substituents is 1. The van der Waals surface area contributed by atoms with Crippen molar-refractivity contribution in [2.24, 2.45) is 0 Å². The Hall–Kier alpha value is -3.36. The second-order valence-corrected chi connectivity index (χ2v) is 7.37. The first-order chi connectivity index (χ1) is 15.6. The Labute approximate surface area is 189 Å². The number of ether oxygens (including phenoxy) is 2. The molecule has 0 atom stereocenters. The number of hydrazine groups is 1. The highest BCUT2D eigenvalue weighted by Gasteiger charge is 2.20. The van der Waals surface area contributed by atoms with Crippen molar-refractivity contribution < 1.29 is 14.4 Å². The van der Waals surface area contributed by atoms with Gasteiger partial charge in [0.15, 0.2) is 5.11 Å². The zero-order chi connectivity index (χ0) is 22.3. The van der Waals surface area contributed by atoms with Gasteiger partial charge in [0.1, 0.15) is 0 Å². The Morgan fingerprint density at radius 2 is 1.47 bits per heavy atom. The molecule has 0 aliphatic carbocycles. The van der Waals surface area contributed by atoms with E-state index in [1.54, 1.807) is 12.1 Å². The second kappa shape index (κ2) is 10.3. The Bertz CT molecular complexity index is 914. The molecule has 13 nitrogen and oxygen atoms in total. The summed E-state index contributed by atoms with van der Waals surface area (Å²) in [5.74, 6) is 1.43. The lowest BCUT2D eigenvalue weighted by Crippen LogP contribution is -2.40. The van der Waals surface area contributed by atoms with E-state index in [1.807, 2.05) is 9.80 Å². The number of benzene rings is 1. The fraction of sp³-hybridized carbons (Fsp3) is 0.444. The maximum atomic E-state index is 10.8. The number of thiocarbonyl (C=S) groups is 1. The highest BCUT2D eigenvalue weighted by atomic mass is 32.1. The summed E-state index contributed by atoms with van der Waals surface area (Å²) in [7, 11) is 0. The highest BCUT2D eigenvalue weighted by Crippen LogP contribution is 2.19. The predicted molar refractivity (Wildman–Crippen MR) is 122 cm³/mol. The standard InChI is InChI=1S/C18H23N9O4S/c28-27(29)14-3-1-13(2-4-14)19-18(32)24-23-15-20-16(25-5-9-30-10-6-25)22-17(21-15)26-7-11-31-12-8-26/h1-4H,5-12H2,(H2,19,24,32)(H,20,21,22,23). The van der Waals surface area contributed by atoms with Crippen molar-refractivity contribution in [2.45, 2.75) is 0 Å². The smallest absolute Gasteiger partial charge is 0.269 e. The summed E-state index contributed by atoms with van der Waals surface area (Å²) in [4.78, 5) is 28.1. The van der Waals surface area contributed by atoms with E-state index < -0.39 is 4.92 Å². The van der Waals surface area contributed by atoms with Crippen molar-refractivity contribution >= 4 is 46.6 Å². The first kappa shape index (κ1) is 21.9. The van der Waals surface area contributed by atoms with Gasteiger partial charge in [0.2, 0.25) is 17.8 Å². The summed E-state index contributed by atoms with van der Waals surface area (Å²) in [5.41, 5.74) is 6.36. The Morgan fingerprint density at radius 3 is 1.97 bits per heavy atom. The molecule has 0 bridgehead atoms. The Morgan fingerprint density at radius 1 is 0.938 bits per heavy atom. The first-order valence-electron chi connectivity index (χ1n) is 10.1. The van der Waals surface area contributed by atoms with E-state index in [-0.39, 0.29) is 10.8 Å². The van der Waals surface area contributed by atoms with Crippen LogP contribution < -0.4 is 26.0 Å². The van der Waals surface area contributed by atoms with Crippen molar-refractivity contribution in [3.05, 3.63) is 34.4 Å². The summed E-state index contributed by atoms with van der Waals surface area (Å²) in [6.07, 6.45) is 0. The van der Waals surface area contributed by atoms with Gasteiger partial charge in [-0.1, -0.05) is 0 Å². The summed E-state index contributed by atoms with van der Waals surface area (Å²) in [6.45, 7) is 5.23. The number of nitro groups is 1.